The molecule has 1 aromatic heterocycles. The lowest BCUT2D eigenvalue weighted by Gasteiger charge is -2.26. The molecule has 0 saturated carbocycles. The lowest BCUT2D eigenvalue weighted by atomic mass is 10.2. The minimum atomic E-state index is -3.64. The van der Waals surface area contributed by atoms with E-state index in [1.165, 1.54) is 16.6 Å². The van der Waals surface area contributed by atoms with Gasteiger partial charge in [0.25, 0.3) is 0 Å². The summed E-state index contributed by atoms with van der Waals surface area (Å²) in [5.74, 6) is -0.478. The van der Waals surface area contributed by atoms with Crippen molar-refractivity contribution in [3.8, 4) is 0 Å². The second kappa shape index (κ2) is 5.21. The maximum atomic E-state index is 12.5. The number of aromatic nitrogens is 1. The molecular weight excluding hydrogens is 280 g/mol. The molecule has 1 saturated heterocycles. The van der Waals surface area contributed by atoms with E-state index in [-0.39, 0.29) is 4.90 Å². The second-order valence-corrected chi connectivity index (χ2v) is 7.74. The lowest BCUT2D eigenvalue weighted by molar-refractivity contribution is -0.158. The molecule has 0 bridgehead atoms. The van der Waals surface area contributed by atoms with Crippen LogP contribution in [0.1, 0.15) is 33.6 Å². The smallest absolute Gasteiger partial charge is 0.324 e. The molecule has 0 amide bonds. The minimum Gasteiger partial charge on any atom is -0.459 e. The summed E-state index contributed by atoms with van der Waals surface area (Å²) in [5.41, 5.74) is -0.622. The van der Waals surface area contributed by atoms with E-state index in [0.29, 0.717) is 19.4 Å². The zero-order valence-electron chi connectivity index (χ0n) is 11.9. The summed E-state index contributed by atoms with van der Waals surface area (Å²) < 4.78 is 31.5. The Balaban J connectivity index is 2.22. The third kappa shape index (κ3) is 3.04. The number of hydrogen-bond donors (Lipinski definition) is 1. The first kappa shape index (κ1) is 15.1. The summed E-state index contributed by atoms with van der Waals surface area (Å²) in [4.78, 5) is 15.0. The van der Waals surface area contributed by atoms with E-state index in [1.54, 1.807) is 27.0 Å². The van der Waals surface area contributed by atoms with Crippen LogP contribution in [0.5, 0.6) is 0 Å². The highest BCUT2D eigenvalue weighted by Crippen LogP contribution is 2.27. The minimum absolute atomic E-state index is 0.174. The van der Waals surface area contributed by atoms with Gasteiger partial charge in [0, 0.05) is 18.9 Å². The molecule has 1 N–H and O–H groups in total. The van der Waals surface area contributed by atoms with Crippen molar-refractivity contribution < 1.29 is 17.9 Å². The highest BCUT2D eigenvalue weighted by Gasteiger charge is 2.41. The first-order chi connectivity index (χ1) is 9.22. The topological polar surface area (TPSA) is 79.5 Å². The third-order valence-corrected chi connectivity index (χ3v) is 4.96. The van der Waals surface area contributed by atoms with Crippen LogP contribution in [0.15, 0.2) is 23.4 Å². The van der Waals surface area contributed by atoms with Crippen LogP contribution in [0.2, 0.25) is 0 Å². The van der Waals surface area contributed by atoms with E-state index in [9.17, 15) is 13.2 Å². The Kier molecular flexibility index (Phi) is 3.93. The SMILES string of the molecule is CC(C)(C)OC(=O)[C@H]1CCCN1S(=O)(=O)c1cc[nH]c1. The quantitative estimate of drug-likeness (QED) is 0.858. The molecule has 1 aromatic rings. The summed E-state index contributed by atoms with van der Waals surface area (Å²) >= 11 is 0. The largest absolute Gasteiger partial charge is 0.459 e. The van der Waals surface area contributed by atoms with Gasteiger partial charge in [-0.25, -0.2) is 8.42 Å². The number of nitrogens with one attached hydrogen (secondary N) is 1. The number of rotatable bonds is 3. The van der Waals surface area contributed by atoms with Gasteiger partial charge in [-0.2, -0.15) is 4.31 Å². The number of ether oxygens (including phenoxy) is 1. The van der Waals surface area contributed by atoms with Gasteiger partial charge in [0.1, 0.15) is 11.6 Å². The number of aromatic amines is 1. The molecule has 2 heterocycles. The van der Waals surface area contributed by atoms with Gasteiger partial charge in [0.05, 0.1) is 4.90 Å². The van der Waals surface area contributed by atoms with E-state index >= 15 is 0 Å². The standard InChI is InChI=1S/C13H20N2O4S/c1-13(2,3)19-12(16)11-5-4-8-15(11)20(17,18)10-6-7-14-9-10/h6-7,9,11,14H,4-5,8H2,1-3H3/t11-/m1/s1. The van der Waals surface area contributed by atoms with Crippen molar-refractivity contribution in [1.29, 1.82) is 0 Å². The number of H-pyrrole nitrogens is 1. The average Bonchev–Trinajstić information content (AvgIpc) is 2.99. The van der Waals surface area contributed by atoms with E-state index in [4.69, 9.17) is 4.74 Å². The number of hydrogen-bond acceptors (Lipinski definition) is 4. The number of sulfonamides is 1. The fraction of sp³-hybridized carbons (Fsp3) is 0.615. The molecule has 0 aromatic carbocycles. The molecule has 1 fully saturated rings. The Morgan fingerprint density at radius 1 is 1.45 bits per heavy atom. The number of carbonyl (C=O) groups excluding carboxylic acids is 1. The molecule has 20 heavy (non-hydrogen) atoms. The summed E-state index contributed by atoms with van der Waals surface area (Å²) in [6, 6.07) is 0.758. The van der Waals surface area contributed by atoms with Crippen LogP contribution in [0.3, 0.4) is 0 Å². The van der Waals surface area contributed by atoms with Crippen molar-refractivity contribution in [2.45, 2.75) is 50.2 Å². The van der Waals surface area contributed by atoms with Crippen molar-refractivity contribution in [3.05, 3.63) is 18.5 Å². The fourth-order valence-electron chi connectivity index (χ4n) is 2.24. The molecule has 6 nitrogen and oxygen atoms in total. The molecule has 1 aliphatic rings. The Hall–Kier alpha value is -1.34. The van der Waals surface area contributed by atoms with Crippen LogP contribution in [0.25, 0.3) is 0 Å². The van der Waals surface area contributed by atoms with Crippen LogP contribution >= 0.6 is 0 Å². The molecule has 0 aliphatic carbocycles. The normalized spacial score (nSPS) is 21.1. The van der Waals surface area contributed by atoms with E-state index in [1.807, 2.05) is 0 Å². The van der Waals surface area contributed by atoms with Crippen LogP contribution < -0.4 is 0 Å². The number of esters is 1. The van der Waals surface area contributed by atoms with Gasteiger partial charge >= 0.3 is 5.97 Å². The Morgan fingerprint density at radius 3 is 2.70 bits per heavy atom. The molecule has 1 aliphatic heterocycles. The molecule has 0 unspecified atom stereocenters. The van der Waals surface area contributed by atoms with Crippen molar-refractivity contribution in [3.63, 3.8) is 0 Å². The zero-order chi connectivity index (χ0) is 15.0. The van der Waals surface area contributed by atoms with Gasteiger partial charge < -0.3 is 9.72 Å². The highest BCUT2D eigenvalue weighted by molar-refractivity contribution is 7.89. The average molecular weight is 300 g/mol. The second-order valence-electron chi connectivity index (χ2n) is 5.85. The van der Waals surface area contributed by atoms with E-state index in [2.05, 4.69) is 4.98 Å². The van der Waals surface area contributed by atoms with Gasteiger partial charge in [-0.15, -0.1) is 0 Å². The third-order valence-electron chi connectivity index (χ3n) is 3.06. The van der Waals surface area contributed by atoms with E-state index < -0.39 is 27.6 Å². The molecular formula is C13H20N2O4S. The van der Waals surface area contributed by atoms with E-state index in [0.717, 1.165) is 0 Å². The maximum absolute atomic E-state index is 12.5. The van der Waals surface area contributed by atoms with Crippen LogP contribution in [0, 0.1) is 0 Å². The van der Waals surface area contributed by atoms with Gasteiger partial charge in [-0.05, 0) is 39.7 Å². The van der Waals surface area contributed by atoms with Gasteiger partial charge in [-0.1, -0.05) is 0 Å². The van der Waals surface area contributed by atoms with Crippen molar-refractivity contribution in [1.82, 2.24) is 9.29 Å². The molecule has 0 radical (unpaired) electrons. The van der Waals surface area contributed by atoms with Crippen molar-refractivity contribution in [2.75, 3.05) is 6.54 Å². The predicted molar refractivity (Wildman–Crippen MR) is 73.6 cm³/mol. The van der Waals surface area contributed by atoms with Gasteiger partial charge in [0.2, 0.25) is 10.0 Å². The Morgan fingerprint density at radius 2 is 2.15 bits per heavy atom. The van der Waals surface area contributed by atoms with Crippen LogP contribution in [0.4, 0.5) is 0 Å². The molecule has 7 heteroatoms. The summed E-state index contributed by atoms with van der Waals surface area (Å²) in [5, 5.41) is 0. The molecule has 2 rings (SSSR count). The summed E-state index contributed by atoms with van der Waals surface area (Å²) in [7, 11) is -3.64. The highest BCUT2D eigenvalue weighted by atomic mass is 32.2. The van der Waals surface area contributed by atoms with Crippen LogP contribution in [-0.2, 0) is 19.6 Å². The van der Waals surface area contributed by atoms with Gasteiger partial charge in [0.15, 0.2) is 0 Å². The predicted octanol–water partition coefficient (Wildman–Crippen LogP) is 1.51. The molecule has 1 atom stereocenters. The number of carbonyl (C=O) groups is 1. The monoisotopic (exact) mass is 300 g/mol. The lowest BCUT2D eigenvalue weighted by Crippen LogP contribution is -2.43. The van der Waals surface area contributed by atoms with Crippen molar-refractivity contribution >= 4 is 16.0 Å². The zero-order valence-corrected chi connectivity index (χ0v) is 12.7. The Labute approximate surface area is 119 Å². The van der Waals surface area contributed by atoms with Crippen LogP contribution in [-0.4, -0.2) is 41.9 Å². The number of nitrogens with zero attached hydrogens (tertiary/aromatic N) is 1. The van der Waals surface area contributed by atoms with Crippen molar-refractivity contribution in [2.24, 2.45) is 0 Å². The maximum Gasteiger partial charge on any atom is 0.324 e. The molecule has 0 spiro atoms. The first-order valence-electron chi connectivity index (χ1n) is 6.59. The van der Waals surface area contributed by atoms with Gasteiger partial charge in [-0.3, -0.25) is 4.79 Å². The molecule has 112 valence electrons. The fourth-order valence-corrected chi connectivity index (χ4v) is 3.86. The summed E-state index contributed by atoms with van der Waals surface area (Å²) in [6.45, 7) is 5.65. The summed E-state index contributed by atoms with van der Waals surface area (Å²) in [6.07, 6.45) is 4.12. The Bertz CT molecular complexity index is 572. The first-order valence-corrected chi connectivity index (χ1v) is 8.03.